The van der Waals surface area contributed by atoms with E-state index >= 15 is 0 Å². The van der Waals surface area contributed by atoms with Crippen molar-refractivity contribution < 1.29 is 0 Å². The average Bonchev–Trinajstić information content (AvgIpc) is 2.16. The minimum absolute atomic E-state index is 0.0400. The molecule has 2 rings (SSSR count). The molecule has 0 aliphatic carbocycles. The summed E-state index contributed by atoms with van der Waals surface area (Å²) in [4.78, 5) is 18.9. The van der Waals surface area contributed by atoms with Gasteiger partial charge in [-0.1, -0.05) is 26.0 Å². The van der Waals surface area contributed by atoms with Crippen molar-refractivity contribution in [1.82, 2.24) is 9.97 Å². The largest absolute Gasteiger partial charge is 0.310 e. The first-order valence-electron chi connectivity index (χ1n) is 5.09. The number of fused-ring (bicyclic) bond motifs is 1. The molecule has 1 aromatic carbocycles. The van der Waals surface area contributed by atoms with Crippen molar-refractivity contribution in [3.63, 3.8) is 0 Å². The normalized spacial score (nSPS) is 11.2. The molecule has 15 heavy (non-hydrogen) atoms. The number of H-pyrrole nitrogens is 1. The Bertz CT molecular complexity index is 555. The molecule has 0 radical (unpaired) electrons. The molecule has 2 aromatic rings. The molecule has 0 bridgehead atoms. The van der Waals surface area contributed by atoms with E-state index in [9.17, 15) is 4.79 Å². The van der Waals surface area contributed by atoms with E-state index in [2.05, 4.69) is 23.8 Å². The van der Waals surface area contributed by atoms with E-state index in [4.69, 9.17) is 0 Å². The Balaban J connectivity index is 2.92. The highest BCUT2D eigenvalue weighted by molar-refractivity contribution is 5.81. The lowest BCUT2D eigenvalue weighted by Crippen LogP contribution is -2.12. The van der Waals surface area contributed by atoms with Crippen LogP contribution in [0.3, 0.4) is 0 Å². The van der Waals surface area contributed by atoms with E-state index in [1.54, 1.807) is 6.92 Å². The molecule has 0 aliphatic rings. The number of aryl methyl sites for hydroxylation is 1. The monoisotopic (exact) mass is 202 g/mol. The first-order chi connectivity index (χ1) is 7.09. The number of nitrogens with one attached hydrogen (secondary N) is 1. The molecular weight excluding hydrogens is 188 g/mol. The summed E-state index contributed by atoms with van der Waals surface area (Å²) in [6, 6.07) is 5.81. The molecule has 1 heterocycles. The summed E-state index contributed by atoms with van der Waals surface area (Å²) in [5.41, 5.74) is 1.80. The molecule has 3 heteroatoms. The van der Waals surface area contributed by atoms with Gasteiger partial charge >= 0.3 is 0 Å². The lowest BCUT2D eigenvalue weighted by molar-refractivity contribution is 0.872. The predicted molar refractivity (Wildman–Crippen MR) is 61.2 cm³/mol. The van der Waals surface area contributed by atoms with Gasteiger partial charge in [0.1, 0.15) is 5.82 Å². The van der Waals surface area contributed by atoms with Crippen molar-refractivity contribution >= 4 is 10.9 Å². The first kappa shape index (κ1) is 9.90. The zero-order chi connectivity index (χ0) is 11.0. The van der Waals surface area contributed by atoms with Crippen LogP contribution in [0, 0.1) is 6.92 Å². The number of nitrogens with zero attached hydrogens (tertiary/aromatic N) is 1. The Morgan fingerprint density at radius 1 is 1.33 bits per heavy atom. The molecule has 0 saturated heterocycles. The fourth-order valence-corrected chi connectivity index (χ4v) is 1.81. The number of benzene rings is 1. The van der Waals surface area contributed by atoms with Gasteiger partial charge in [0.25, 0.3) is 5.56 Å². The summed E-state index contributed by atoms with van der Waals surface area (Å²) < 4.78 is 0. The van der Waals surface area contributed by atoms with Crippen LogP contribution in [0.5, 0.6) is 0 Å². The molecule has 0 atom stereocenters. The lowest BCUT2D eigenvalue weighted by Gasteiger charge is -2.08. The minimum Gasteiger partial charge on any atom is -0.310 e. The van der Waals surface area contributed by atoms with Gasteiger partial charge in [-0.2, -0.15) is 0 Å². The first-order valence-corrected chi connectivity index (χ1v) is 5.09. The standard InChI is InChI=1S/C12H14N2O/c1-7(2)9-5-4-6-10-11(9)12(15)14-8(3)13-10/h4-7H,1-3H3,(H,13,14,15). The van der Waals surface area contributed by atoms with Crippen molar-refractivity contribution in [3.05, 3.63) is 39.9 Å². The fraction of sp³-hybridized carbons (Fsp3) is 0.333. The Morgan fingerprint density at radius 3 is 2.73 bits per heavy atom. The van der Waals surface area contributed by atoms with Gasteiger partial charge in [0.05, 0.1) is 10.9 Å². The number of rotatable bonds is 1. The number of aromatic nitrogens is 2. The maximum absolute atomic E-state index is 11.8. The summed E-state index contributed by atoms with van der Waals surface area (Å²) in [5, 5.41) is 0.720. The summed E-state index contributed by atoms with van der Waals surface area (Å²) in [6.45, 7) is 5.95. The molecule has 3 nitrogen and oxygen atoms in total. The Morgan fingerprint density at radius 2 is 2.07 bits per heavy atom. The average molecular weight is 202 g/mol. The molecule has 0 amide bonds. The third-order valence-corrected chi connectivity index (χ3v) is 2.51. The molecule has 1 aromatic heterocycles. The lowest BCUT2D eigenvalue weighted by atomic mass is 9.99. The summed E-state index contributed by atoms with van der Waals surface area (Å²) in [5.74, 6) is 0.993. The Kier molecular flexibility index (Phi) is 2.31. The molecule has 0 fully saturated rings. The molecule has 0 saturated carbocycles. The van der Waals surface area contributed by atoms with E-state index < -0.39 is 0 Å². The van der Waals surface area contributed by atoms with Gasteiger partial charge in [0.15, 0.2) is 0 Å². The Labute approximate surface area is 88.2 Å². The summed E-state index contributed by atoms with van der Waals surface area (Å²) in [6.07, 6.45) is 0. The van der Waals surface area contributed by atoms with E-state index in [1.807, 2.05) is 18.2 Å². The van der Waals surface area contributed by atoms with Crippen LogP contribution in [0.4, 0.5) is 0 Å². The minimum atomic E-state index is -0.0400. The zero-order valence-corrected chi connectivity index (χ0v) is 9.16. The zero-order valence-electron chi connectivity index (χ0n) is 9.16. The maximum atomic E-state index is 11.8. The van der Waals surface area contributed by atoms with Gasteiger partial charge in [-0.05, 0) is 24.5 Å². The third kappa shape index (κ3) is 1.65. The van der Waals surface area contributed by atoms with Gasteiger partial charge in [0, 0.05) is 0 Å². The molecule has 1 N–H and O–H groups in total. The quantitative estimate of drug-likeness (QED) is 0.771. The van der Waals surface area contributed by atoms with E-state index in [1.165, 1.54) is 0 Å². The van der Waals surface area contributed by atoms with Crippen molar-refractivity contribution in [2.24, 2.45) is 0 Å². The van der Waals surface area contributed by atoms with Crippen LogP contribution < -0.4 is 5.56 Å². The van der Waals surface area contributed by atoms with Gasteiger partial charge < -0.3 is 4.98 Å². The van der Waals surface area contributed by atoms with Crippen LogP contribution in [0.2, 0.25) is 0 Å². The van der Waals surface area contributed by atoms with Crippen LogP contribution in [0.15, 0.2) is 23.0 Å². The Hall–Kier alpha value is -1.64. The molecule has 0 aliphatic heterocycles. The maximum Gasteiger partial charge on any atom is 0.259 e. The number of hydrogen-bond acceptors (Lipinski definition) is 2. The fourth-order valence-electron chi connectivity index (χ4n) is 1.81. The second-order valence-electron chi connectivity index (χ2n) is 4.05. The van der Waals surface area contributed by atoms with Crippen LogP contribution in [0.1, 0.15) is 31.2 Å². The van der Waals surface area contributed by atoms with Crippen molar-refractivity contribution in [3.8, 4) is 0 Å². The predicted octanol–water partition coefficient (Wildman–Crippen LogP) is 2.35. The highest BCUT2D eigenvalue weighted by Gasteiger charge is 2.09. The van der Waals surface area contributed by atoms with Crippen LogP contribution in [-0.2, 0) is 0 Å². The van der Waals surface area contributed by atoms with Crippen LogP contribution in [0.25, 0.3) is 10.9 Å². The highest BCUT2D eigenvalue weighted by atomic mass is 16.1. The van der Waals surface area contributed by atoms with E-state index in [0.29, 0.717) is 11.7 Å². The number of aromatic amines is 1. The smallest absolute Gasteiger partial charge is 0.259 e. The summed E-state index contributed by atoms with van der Waals surface area (Å²) in [7, 11) is 0. The second-order valence-corrected chi connectivity index (χ2v) is 4.05. The van der Waals surface area contributed by atoms with Crippen molar-refractivity contribution in [2.75, 3.05) is 0 Å². The number of hydrogen-bond donors (Lipinski definition) is 1. The van der Waals surface area contributed by atoms with Gasteiger partial charge in [-0.15, -0.1) is 0 Å². The molecule has 0 spiro atoms. The van der Waals surface area contributed by atoms with Crippen molar-refractivity contribution in [2.45, 2.75) is 26.7 Å². The van der Waals surface area contributed by atoms with Crippen LogP contribution in [-0.4, -0.2) is 9.97 Å². The van der Waals surface area contributed by atoms with Crippen LogP contribution >= 0.6 is 0 Å². The topological polar surface area (TPSA) is 45.8 Å². The van der Waals surface area contributed by atoms with Gasteiger partial charge in [-0.3, -0.25) is 4.79 Å². The molecule has 78 valence electrons. The van der Waals surface area contributed by atoms with E-state index in [-0.39, 0.29) is 5.56 Å². The van der Waals surface area contributed by atoms with Gasteiger partial charge in [-0.25, -0.2) is 4.98 Å². The second kappa shape index (κ2) is 3.50. The third-order valence-electron chi connectivity index (χ3n) is 2.51. The molecule has 0 unspecified atom stereocenters. The SMILES string of the molecule is Cc1nc2cccc(C(C)C)c2c(=O)[nH]1. The van der Waals surface area contributed by atoms with E-state index in [0.717, 1.165) is 16.5 Å². The highest BCUT2D eigenvalue weighted by Crippen LogP contribution is 2.20. The van der Waals surface area contributed by atoms with Gasteiger partial charge in [0.2, 0.25) is 0 Å². The van der Waals surface area contributed by atoms with Crippen molar-refractivity contribution in [1.29, 1.82) is 0 Å². The summed E-state index contributed by atoms with van der Waals surface area (Å²) >= 11 is 0. The molecular formula is C12H14N2O.